The van der Waals surface area contributed by atoms with E-state index in [2.05, 4.69) is 37.9 Å². The molecule has 2 aromatic rings. The van der Waals surface area contributed by atoms with Gasteiger partial charge in [0.25, 0.3) is 0 Å². The van der Waals surface area contributed by atoms with Crippen LogP contribution in [-0.4, -0.2) is 9.97 Å². The second-order valence-electron chi connectivity index (χ2n) is 6.10. The summed E-state index contributed by atoms with van der Waals surface area (Å²) in [5.41, 5.74) is 5.42. The highest BCUT2D eigenvalue weighted by atomic mass is 14.9. The van der Waals surface area contributed by atoms with E-state index in [1.165, 1.54) is 42.3 Å². The summed E-state index contributed by atoms with van der Waals surface area (Å²) >= 11 is 0. The van der Waals surface area contributed by atoms with Gasteiger partial charge in [-0.1, -0.05) is 20.8 Å². The molecule has 1 aromatic heterocycles. The van der Waals surface area contributed by atoms with E-state index in [1.54, 1.807) is 0 Å². The van der Waals surface area contributed by atoms with Crippen LogP contribution in [0.1, 0.15) is 57.9 Å². The molecule has 0 spiro atoms. The number of aromatic amines is 1. The lowest BCUT2D eigenvalue weighted by Gasteiger charge is -2.04. The van der Waals surface area contributed by atoms with Gasteiger partial charge in [0.1, 0.15) is 5.82 Å². The first kappa shape index (κ1) is 11.8. The Bertz CT molecular complexity index is 526. The Balaban J connectivity index is 0.00000133. The summed E-state index contributed by atoms with van der Waals surface area (Å²) in [6.45, 7) is 6.74. The molecule has 0 fully saturated rings. The molecule has 1 heterocycles. The minimum atomic E-state index is 0. The van der Waals surface area contributed by atoms with Gasteiger partial charge in [0.2, 0.25) is 0 Å². The fourth-order valence-corrected chi connectivity index (χ4v) is 2.85. The average Bonchev–Trinajstić information content (AvgIpc) is 2.67. The highest BCUT2D eigenvalue weighted by Crippen LogP contribution is 2.28. The molecule has 1 aliphatic rings. The normalized spacial score (nSPS) is 17.1. The number of aryl methyl sites for hydroxylation is 2. The van der Waals surface area contributed by atoms with E-state index in [9.17, 15) is 0 Å². The summed E-state index contributed by atoms with van der Waals surface area (Å²) in [5, 5.41) is 0. The highest BCUT2D eigenvalue weighted by molar-refractivity contribution is 5.77. The van der Waals surface area contributed by atoms with Crippen molar-refractivity contribution < 1.29 is 1.43 Å². The first-order valence-corrected chi connectivity index (χ1v) is 7.15. The molecule has 1 aromatic carbocycles. The number of H-pyrrole nitrogens is 1. The Labute approximate surface area is 110 Å². The summed E-state index contributed by atoms with van der Waals surface area (Å²) in [4.78, 5) is 8.18. The molecule has 0 saturated heterocycles. The highest BCUT2D eigenvalue weighted by Gasteiger charge is 2.15. The second-order valence-corrected chi connectivity index (χ2v) is 6.10. The Morgan fingerprint density at radius 2 is 1.89 bits per heavy atom. The molecule has 0 amide bonds. The fraction of sp³-hybridized carbons (Fsp3) is 0.562. The van der Waals surface area contributed by atoms with Crippen LogP contribution in [0.15, 0.2) is 12.1 Å². The van der Waals surface area contributed by atoms with Crippen molar-refractivity contribution in [2.45, 2.75) is 52.4 Å². The van der Waals surface area contributed by atoms with Crippen LogP contribution in [0.2, 0.25) is 0 Å². The van der Waals surface area contributed by atoms with Crippen molar-refractivity contribution >= 4 is 11.0 Å². The van der Waals surface area contributed by atoms with E-state index in [0.717, 1.165) is 17.3 Å². The third-order valence-corrected chi connectivity index (χ3v) is 4.18. The minimum Gasteiger partial charge on any atom is -0.342 e. The maximum atomic E-state index is 4.71. The molecule has 0 radical (unpaired) electrons. The lowest BCUT2D eigenvalue weighted by molar-refractivity contribution is 0.510. The molecule has 18 heavy (non-hydrogen) atoms. The van der Waals surface area contributed by atoms with Gasteiger partial charge < -0.3 is 4.98 Å². The first-order valence-electron chi connectivity index (χ1n) is 7.15. The zero-order chi connectivity index (χ0) is 12.7. The van der Waals surface area contributed by atoms with Crippen LogP contribution < -0.4 is 0 Å². The van der Waals surface area contributed by atoms with Crippen molar-refractivity contribution in [2.24, 2.45) is 5.92 Å². The second kappa shape index (κ2) is 4.42. The number of benzene rings is 1. The number of fused-ring (bicyclic) bond motifs is 2. The number of rotatable bonds is 1. The predicted octanol–water partition coefficient (Wildman–Crippen LogP) is 4.45. The van der Waals surface area contributed by atoms with Gasteiger partial charge in [-0.2, -0.15) is 0 Å². The molecule has 0 bridgehead atoms. The van der Waals surface area contributed by atoms with Crippen LogP contribution in [0.5, 0.6) is 0 Å². The molecule has 98 valence electrons. The number of nitrogens with one attached hydrogen (secondary N) is 1. The molecular weight excluding hydrogens is 220 g/mol. The van der Waals surface area contributed by atoms with Gasteiger partial charge >= 0.3 is 0 Å². The van der Waals surface area contributed by atoms with Crippen LogP contribution in [0.3, 0.4) is 0 Å². The fourth-order valence-electron chi connectivity index (χ4n) is 2.85. The van der Waals surface area contributed by atoms with Gasteiger partial charge in [-0.05, 0) is 54.9 Å². The van der Waals surface area contributed by atoms with Gasteiger partial charge in [-0.25, -0.2) is 4.98 Å². The van der Waals surface area contributed by atoms with Crippen LogP contribution >= 0.6 is 0 Å². The van der Waals surface area contributed by atoms with Crippen molar-refractivity contribution in [2.75, 3.05) is 0 Å². The Morgan fingerprint density at radius 3 is 2.56 bits per heavy atom. The van der Waals surface area contributed by atoms with Crippen LogP contribution in [0.25, 0.3) is 11.0 Å². The van der Waals surface area contributed by atoms with E-state index >= 15 is 0 Å². The number of imidazole rings is 1. The molecule has 1 aliphatic carbocycles. The maximum absolute atomic E-state index is 4.71. The lowest BCUT2D eigenvalue weighted by atomic mass is 10.0. The third-order valence-electron chi connectivity index (χ3n) is 4.18. The zero-order valence-electron chi connectivity index (χ0n) is 11.6. The number of nitrogens with zero attached hydrogens (tertiary/aromatic N) is 1. The summed E-state index contributed by atoms with van der Waals surface area (Å²) < 4.78 is 0. The van der Waals surface area contributed by atoms with E-state index in [0.29, 0.717) is 5.92 Å². The van der Waals surface area contributed by atoms with Gasteiger partial charge in [-0.15, -0.1) is 0 Å². The number of hydrogen-bond donors (Lipinski definition) is 1. The molecule has 3 rings (SSSR count). The molecule has 1 N–H and O–H groups in total. The molecule has 1 atom stereocenters. The third kappa shape index (κ3) is 2.05. The van der Waals surface area contributed by atoms with Crippen LogP contribution in [-0.2, 0) is 12.8 Å². The maximum Gasteiger partial charge on any atom is 0.109 e. The minimum absolute atomic E-state index is 0. The molecule has 0 aliphatic heterocycles. The predicted molar refractivity (Wildman–Crippen MR) is 78.1 cm³/mol. The number of hydrogen-bond acceptors (Lipinski definition) is 1. The van der Waals surface area contributed by atoms with Crippen molar-refractivity contribution in [3.05, 3.63) is 29.1 Å². The Kier molecular flexibility index (Phi) is 2.89. The summed E-state index contributed by atoms with van der Waals surface area (Å²) in [6, 6.07) is 4.65. The average molecular weight is 244 g/mol. The summed E-state index contributed by atoms with van der Waals surface area (Å²) in [6.07, 6.45) is 5.09. The quantitative estimate of drug-likeness (QED) is 0.738. The molecule has 2 nitrogen and oxygen atoms in total. The Morgan fingerprint density at radius 1 is 1.22 bits per heavy atom. The van der Waals surface area contributed by atoms with Gasteiger partial charge in [0.05, 0.1) is 11.0 Å². The molecular formula is C16H24N2. The van der Waals surface area contributed by atoms with Crippen LogP contribution in [0.4, 0.5) is 0 Å². The topological polar surface area (TPSA) is 28.7 Å². The van der Waals surface area contributed by atoms with Crippen molar-refractivity contribution in [3.63, 3.8) is 0 Å². The van der Waals surface area contributed by atoms with Crippen molar-refractivity contribution in [1.82, 2.24) is 9.97 Å². The van der Waals surface area contributed by atoms with E-state index < -0.39 is 0 Å². The smallest absolute Gasteiger partial charge is 0.109 e. The van der Waals surface area contributed by atoms with E-state index in [-0.39, 0.29) is 1.43 Å². The van der Waals surface area contributed by atoms with Crippen molar-refractivity contribution in [3.8, 4) is 0 Å². The molecule has 2 heteroatoms. The van der Waals surface area contributed by atoms with Crippen molar-refractivity contribution in [1.29, 1.82) is 0 Å². The molecule has 0 saturated carbocycles. The zero-order valence-corrected chi connectivity index (χ0v) is 11.6. The first-order chi connectivity index (χ1) is 8.63. The van der Waals surface area contributed by atoms with Gasteiger partial charge in [-0.3, -0.25) is 0 Å². The summed E-state index contributed by atoms with van der Waals surface area (Å²) in [7, 11) is 0. The van der Waals surface area contributed by atoms with E-state index in [4.69, 9.17) is 4.98 Å². The number of aromatic nitrogens is 2. The largest absolute Gasteiger partial charge is 0.342 e. The molecule has 1 unspecified atom stereocenters. The van der Waals surface area contributed by atoms with E-state index in [1.807, 2.05) is 0 Å². The standard InChI is InChI=1S/C16H22N2.H2/c1-10(2)16-17-14-8-12-6-4-11(3)5-7-13(12)9-15(14)18-16;/h8-11H,4-7H2,1-3H3,(H,17,18);1H. The monoisotopic (exact) mass is 244 g/mol. The van der Waals surface area contributed by atoms with Gasteiger partial charge in [0, 0.05) is 7.34 Å². The lowest BCUT2D eigenvalue weighted by Crippen LogP contribution is -1.92. The Hall–Kier alpha value is -1.31. The summed E-state index contributed by atoms with van der Waals surface area (Å²) in [5.74, 6) is 2.44. The SMILES string of the molecule is CC1CCc2cc3nc(C(C)C)[nH]c3cc2CC1.[HH]. The van der Waals surface area contributed by atoms with Gasteiger partial charge in [0.15, 0.2) is 0 Å². The van der Waals surface area contributed by atoms with Crippen LogP contribution in [0, 0.1) is 5.92 Å².